The average Bonchev–Trinajstić information content (AvgIpc) is 3.95. The number of nitrogens with one attached hydrogen (secondary N) is 1. The third kappa shape index (κ3) is 7.54. The molecule has 0 radical (unpaired) electrons. The monoisotopic (exact) mass is 890 g/mol. The molecular formula is C63H62N4O. The van der Waals surface area contributed by atoms with Gasteiger partial charge >= 0.3 is 0 Å². The number of furan rings is 1. The quantitative estimate of drug-likeness (QED) is 0.179. The Hall–Kier alpha value is -6.46. The third-order valence-electron chi connectivity index (χ3n) is 16.4. The minimum absolute atomic E-state index is 0.241. The van der Waals surface area contributed by atoms with Crippen molar-refractivity contribution in [2.45, 2.75) is 121 Å². The summed E-state index contributed by atoms with van der Waals surface area (Å²) in [4.78, 5) is 14.0. The lowest BCUT2D eigenvalue weighted by atomic mass is 9.80. The first-order valence-electron chi connectivity index (χ1n) is 26.1. The number of aliphatic imine (C=N–C) groups is 2. The fourth-order valence-corrected chi connectivity index (χ4v) is 13.0. The van der Waals surface area contributed by atoms with Crippen LogP contribution in [0, 0.1) is 11.8 Å². The number of nitrogens with zero attached hydrogens (tertiary/aromatic N) is 3. The van der Waals surface area contributed by atoms with E-state index in [-0.39, 0.29) is 6.04 Å². The van der Waals surface area contributed by atoms with Crippen LogP contribution in [-0.2, 0) is 0 Å². The third-order valence-corrected chi connectivity index (χ3v) is 16.4. The maximum atomic E-state index is 7.04. The summed E-state index contributed by atoms with van der Waals surface area (Å²) in [7, 11) is 0. The predicted octanol–water partition coefficient (Wildman–Crippen LogP) is 12.0. The van der Waals surface area contributed by atoms with Crippen LogP contribution in [-0.4, -0.2) is 23.8 Å². The van der Waals surface area contributed by atoms with Crippen molar-refractivity contribution in [3.8, 4) is 11.1 Å². The molecule has 9 aliphatic rings. The van der Waals surface area contributed by atoms with Gasteiger partial charge in [0.15, 0.2) is 6.17 Å². The van der Waals surface area contributed by atoms with Crippen molar-refractivity contribution in [2.24, 2.45) is 21.8 Å². The van der Waals surface area contributed by atoms with Crippen molar-refractivity contribution >= 4 is 52.3 Å². The molecule has 68 heavy (non-hydrogen) atoms. The highest BCUT2D eigenvalue weighted by Crippen LogP contribution is 2.46. The second kappa shape index (κ2) is 17.9. The molecule has 4 aromatic rings. The van der Waals surface area contributed by atoms with E-state index in [4.69, 9.17) is 14.4 Å². The number of hydrogen-bond acceptors (Lipinski definition) is 5. The van der Waals surface area contributed by atoms with Gasteiger partial charge in [0, 0.05) is 39.6 Å². The first-order chi connectivity index (χ1) is 33.7. The van der Waals surface area contributed by atoms with Crippen molar-refractivity contribution in [1.29, 1.82) is 0 Å². The van der Waals surface area contributed by atoms with E-state index in [1.165, 1.54) is 116 Å². The molecular weight excluding hydrogens is 829 g/mol. The van der Waals surface area contributed by atoms with Gasteiger partial charge < -0.3 is 14.6 Å². The van der Waals surface area contributed by atoms with E-state index in [9.17, 15) is 0 Å². The summed E-state index contributed by atoms with van der Waals surface area (Å²) in [5, 5.41) is 6.32. The molecule has 3 heterocycles. The number of rotatable bonds is 8. The standard InChI is InChI=1S/C63H62N4O/c1-6-19-41(20-7-1)45-33-35-48(42-21-8-2-9-22-42)52(37-45)46-34-36-49(54(38-46)63-65-61(43-23-10-3-11-24-43)64-62(66-63)44-25-12-4-13-26-44)51-30-18-32-58-60(51)55-39-53-50-29-16-17-31-56(50)67(47-27-14-5-15-28-47)57(53)40-59(55)68-58/h3-5,10,12,14-16,19,21,23,25,27-29,32-40,50,53,56-57,63H,1-2,6-9,11,13,17-18,20,22,24,26,30-31H2,(H,64,65,66). The molecule has 0 bridgehead atoms. The molecule has 1 aromatic heterocycles. The van der Waals surface area contributed by atoms with E-state index in [1.54, 1.807) is 0 Å². The Bertz CT molecular complexity index is 3200. The zero-order valence-electron chi connectivity index (χ0n) is 39.3. The Kier molecular flexibility index (Phi) is 11.0. The van der Waals surface area contributed by atoms with Crippen LogP contribution in [0.1, 0.15) is 131 Å². The van der Waals surface area contributed by atoms with E-state index in [0.29, 0.717) is 17.9 Å². The summed E-state index contributed by atoms with van der Waals surface area (Å²) in [5.74, 6) is 2.71. The SMILES string of the molecule is C1=CCCC(C2=NC(c3cc(-c4cc(C5=CCCCC5)ccc4C4=CCCCC4)ccc3C3=c4c(oc5c4=CC4C6C=CCCC6N(c6ccccc6)C4C=5)=CCC3)N=C(C3=CC=CCC3)N2)=C1. The first-order valence-corrected chi connectivity index (χ1v) is 26.1. The minimum Gasteiger partial charge on any atom is -0.457 e. The van der Waals surface area contributed by atoms with Crippen LogP contribution < -0.4 is 31.5 Å². The molecule has 4 atom stereocenters. The smallest absolute Gasteiger partial charge is 0.170 e. The van der Waals surface area contributed by atoms with Crippen molar-refractivity contribution in [2.75, 3.05) is 4.90 Å². The molecule has 0 saturated carbocycles. The van der Waals surface area contributed by atoms with E-state index in [2.05, 4.69) is 156 Å². The largest absolute Gasteiger partial charge is 0.457 e. The maximum absolute atomic E-state index is 7.04. The van der Waals surface area contributed by atoms with Gasteiger partial charge in [-0.15, -0.1) is 0 Å². The van der Waals surface area contributed by atoms with Gasteiger partial charge in [0.2, 0.25) is 0 Å². The van der Waals surface area contributed by atoms with E-state index in [0.717, 1.165) is 86.7 Å². The van der Waals surface area contributed by atoms with Gasteiger partial charge in [-0.2, -0.15) is 0 Å². The van der Waals surface area contributed by atoms with Crippen LogP contribution in [0.5, 0.6) is 0 Å². The number of amidine groups is 2. The molecule has 4 unspecified atom stereocenters. The Balaban J connectivity index is 1.04. The lowest BCUT2D eigenvalue weighted by molar-refractivity contribution is 0.466. The molecule has 5 heteroatoms. The second-order valence-corrected chi connectivity index (χ2v) is 20.4. The van der Waals surface area contributed by atoms with Crippen LogP contribution in [0.15, 0.2) is 153 Å². The summed E-state index contributed by atoms with van der Waals surface area (Å²) in [6.45, 7) is 0. The zero-order valence-corrected chi connectivity index (χ0v) is 39.3. The van der Waals surface area contributed by atoms with Gasteiger partial charge in [-0.05, 0) is 195 Å². The lowest BCUT2D eigenvalue weighted by Crippen LogP contribution is -2.46. The highest BCUT2D eigenvalue weighted by Gasteiger charge is 2.47. The number of fused-ring (bicyclic) bond motifs is 6. The van der Waals surface area contributed by atoms with Gasteiger partial charge in [0.05, 0.1) is 6.04 Å². The number of hydrogen-bond donors (Lipinski definition) is 1. The summed E-state index contributed by atoms with van der Waals surface area (Å²) in [6.07, 6.45) is 48.1. The molecule has 5 nitrogen and oxygen atoms in total. The van der Waals surface area contributed by atoms with E-state index in [1.807, 2.05) is 0 Å². The topological polar surface area (TPSA) is 53.1 Å². The molecule has 13 rings (SSSR count). The Morgan fingerprint density at radius 3 is 2.06 bits per heavy atom. The van der Waals surface area contributed by atoms with Crippen molar-refractivity contribution in [3.63, 3.8) is 0 Å². The van der Waals surface area contributed by atoms with Crippen molar-refractivity contribution in [1.82, 2.24) is 5.32 Å². The molecule has 7 aliphatic carbocycles. The number of para-hydroxylation sites is 1. The first kappa shape index (κ1) is 41.7. The van der Waals surface area contributed by atoms with Crippen molar-refractivity contribution < 1.29 is 4.42 Å². The zero-order chi connectivity index (χ0) is 45.0. The Labute approximate surface area is 401 Å². The van der Waals surface area contributed by atoms with Gasteiger partial charge in [0.25, 0.3) is 0 Å². The molecule has 3 aromatic carbocycles. The number of benzene rings is 3. The molecule has 0 amide bonds. The van der Waals surface area contributed by atoms with Gasteiger partial charge in [-0.25, -0.2) is 9.98 Å². The lowest BCUT2D eigenvalue weighted by Gasteiger charge is -2.33. The predicted molar refractivity (Wildman–Crippen MR) is 283 cm³/mol. The fourth-order valence-electron chi connectivity index (χ4n) is 13.0. The molecule has 2 aliphatic heterocycles. The Morgan fingerprint density at radius 2 is 1.32 bits per heavy atom. The molecule has 1 saturated heterocycles. The second-order valence-electron chi connectivity index (χ2n) is 20.4. The summed E-state index contributed by atoms with van der Waals surface area (Å²) >= 11 is 0. The molecule has 1 fully saturated rings. The van der Waals surface area contributed by atoms with Gasteiger partial charge in [0.1, 0.15) is 22.5 Å². The fraction of sp³-hybridized carbons (Fsp3) is 0.333. The molecule has 1 N–H and O–H groups in total. The molecule has 340 valence electrons. The van der Waals surface area contributed by atoms with Crippen LogP contribution in [0.25, 0.3) is 46.1 Å². The number of anilines is 1. The summed E-state index contributed by atoms with van der Waals surface area (Å²) < 4.78 is 7.04. The summed E-state index contributed by atoms with van der Waals surface area (Å²) in [5.41, 5.74) is 17.9. The van der Waals surface area contributed by atoms with Crippen LogP contribution >= 0.6 is 0 Å². The summed E-state index contributed by atoms with van der Waals surface area (Å²) in [6, 6.07) is 26.5. The van der Waals surface area contributed by atoms with Crippen molar-refractivity contribution in [3.05, 3.63) is 182 Å². The maximum Gasteiger partial charge on any atom is 0.170 e. The molecule has 0 spiro atoms. The normalized spacial score (nSPS) is 25.1. The highest BCUT2D eigenvalue weighted by atomic mass is 16.3. The van der Waals surface area contributed by atoms with Crippen LogP contribution in [0.2, 0.25) is 0 Å². The van der Waals surface area contributed by atoms with Crippen LogP contribution in [0.3, 0.4) is 0 Å². The number of allylic oxidation sites excluding steroid dienone is 11. The van der Waals surface area contributed by atoms with Gasteiger partial charge in [-0.3, -0.25) is 0 Å². The van der Waals surface area contributed by atoms with E-state index < -0.39 is 6.17 Å². The highest BCUT2D eigenvalue weighted by molar-refractivity contribution is 6.16. The van der Waals surface area contributed by atoms with Crippen LogP contribution in [0.4, 0.5) is 5.69 Å². The van der Waals surface area contributed by atoms with E-state index >= 15 is 0 Å². The Morgan fingerprint density at radius 1 is 0.574 bits per heavy atom. The minimum atomic E-state index is -0.428. The van der Waals surface area contributed by atoms with Gasteiger partial charge in [-0.1, -0.05) is 109 Å². The average molecular weight is 891 g/mol.